The van der Waals surface area contributed by atoms with Crippen LogP contribution in [0.1, 0.15) is 43.8 Å². The standard InChI is InChI=1S/C17H18N2O6/c1-4-24-17(22)12-9(2)25-16(13(12)14(18)20)19-15(21)10-5-7-11(23-3)8-6-10/h5-8H,4H2,1-3H3,(H2,18,20)(H,19,21). The summed E-state index contributed by atoms with van der Waals surface area (Å²) >= 11 is 0. The molecule has 0 spiro atoms. The molecule has 1 heterocycles. The molecule has 0 bridgehead atoms. The van der Waals surface area contributed by atoms with E-state index in [-0.39, 0.29) is 29.4 Å². The summed E-state index contributed by atoms with van der Waals surface area (Å²) < 4.78 is 15.3. The molecular weight excluding hydrogens is 328 g/mol. The maximum atomic E-state index is 12.3. The summed E-state index contributed by atoms with van der Waals surface area (Å²) in [5.41, 5.74) is 5.33. The first kappa shape index (κ1) is 18.1. The van der Waals surface area contributed by atoms with Crippen LogP contribution in [0.15, 0.2) is 28.7 Å². The van der Waals surface area contributed by atoms with Crippen LogP contribution in [0, 0.1) is 6.92 Å². The van der Waals surface area contributed by atoms with Gasteiger partial charge in [-0.15, -0.1) is 0 Å². The fourth-order valence-electron chi connectivity index (χ4n) is 2.23. The third kappa shape index (κ3) is 3.79. The molecule has 8 nitrogen and oxygen atoms in total. The molecule has 0 atom stereocenters. The van der Waals surface area contributed by atoms with E-state index in [2.05, 4.69) is 5.32 Å². The van der Waals surface area contributed by atoms with E-state index in [4.69, 9.17) is 19.6 Å². The Balaban J connectivity index is 2.35. The fraction of sp³-hybridized carbons (Fsp3) is 0.235. The van der Waals surface area contributed by atoms with Crippen molar-refractivity contribution in [3.8, 4) is 5.75 Å². The summed E-state index contributed by atoms with van der Waals surface area (Å²) in [7, 11) is 1.51. The van der Waals surface area contributed by atoms with Crippen molar-refractivity contribution in [2.24, 2.45) is 5.73 Å². The van der Waals surface area contributed by atoms with E-state index in [1.807, 2.05) is 0 Å². The molecule has 0 fully saturated rings. The smallest absolute Gasteiger partial charge is 0.342 e. The summed E-state index contributed by atoms with van der Waals surface area (Å²) in [5.74, 6) is -1.68. The Hall–Kier alpha value is -3.29. The molecule has 0 saturated heterocycles. The summed E-state index contributed by atoms with van der Waals surface area (Å²) in [6.45, 7) is 3.22. The first-order valence-corrected chi connectivity index (χ1v) is 7.44. The highest BCUT2D eigenvalue weighted by molar-refractivity contribution is 6.12. The number of nitrogens with two attached hydrogens (primary N) is 1. The number of rotatable bonds is 6. The topological polar surface area (TPSA) is 121 Å². The number of hydrogen-bond acceptors (Lipinski definition) is 6. The molecular formula is C17H18N2O6. The van der Waals surface area contributed by atoms with Crippen molar-refractivity contribution in [3.05, 3.63) is 46.7 Å². The minimum absolute atomic E-state index is 0.0978. The summed E-state index contributed by atoms with van der Waals surface area (Å²) in [5, 5.41) is 2.45. The van der Waals surface area contributed by atoms with Gasteiger partial charge >= 0.3 is 5.97 Å². The molecule has 0 aliphatic rings. The number of amides is 2. The average Bonchev–Trinajstić information content (AvgIpc) is 2.91. The number of carbonyl (C=O) groups excluding carboxylic acids is 3. The van der Waals surface area contributed by atoms with Gasteiger partial charge in [-0.2, -0.15) is 0 Å². The number of methoxy groups -OCH3 is 1. The van der Waals surface area contributed by atoms with Crippen molar-refractivity contribution in [2.45, 2.75) is 13.8 Å². The molecule has 0 aliphatic heterocycles. The summed E-state index contributed by atoms with van der Waals surface area (Å²) in [6.07, 6.45) is 0. The zero-order chi connectivity index (χ0) is 18.6. The summed E-state index contributed by atoms with van der Waals surface area (Å²) in [4.78, 5) is 36.1. The van der Waals surface area contributed by atoms with Crippen LogP contribution in [-0.2, 0) is 4.74 Å². The Morgan fingerprint density at radius 2 is 1.80 bits per heavy atom. The largest absolute Gasteiger partial charge is 0.497 e. The number of carbonyl (C=O) groups is 3. The molecule has 3 N–H and O–H groups in total. The van der Waals surface area contributed by atoms with Gasteiger partial charge in [0.25, 0.3) is 11.8 Å². The molecule has 0 saturated carbocycles. The Bertz CT molecular complexity index is 807. The van der Waals surface area contributed by atoms with Crippen molar-refractivity contribution < 1.29 is 28.3 Å². The molecule has 2 amide bonds. The second-order valence-electron chi connectivity index (χ2n) is 5.00. The van der Waals surface area contributed by atoms with Gasteiger partial charge in [-0.25, -0.2) is 4.79 Å². The first-order chi connectivity index (χ1) is 11.9. The first-order valence-electron chi connectivity index (χ1n) is 7.44. The van der Waals surface area contributed by atoms with Gasteiger partial charge in [0, 0.05) is 5.56 Å². The van der Waals surface area contributed by atoms with Crippen LogP contribution in [-0.4, -0.2) is 31.5 Å². The lowest BCUT2D eigenvalue weighted by atomic mass is 10.1. The quantitative estimate of drug-likeness (QED) is 0.773. The molecule has 8 heteroatoms. The van der Waals surface area contributed by atoms with E-state index in [9.17, 15) is 14.4 Å². The van der Waals surface area contributed by atoms with Crippen molar-refractivity contribution in [1.82, 2.24) is 0 Å². The van der Waals surface area contributed by atoms with Crippen LogP contribution in [0.25, 0.3) is 0 Å². The second-order valence-corrected chi connectivity index (χ2v) is 5.00. The highest BCUT2D eigenvalue weighted by Crippen LogP contribution is 2.28. The van der Waals surface area contributed by atoms with Gasteiger partial charge in [0.15, 0.2) is 0 Å². The predicted molar refractivity (Wildman–Crippen MR) is 88.9 cm³/mol. The molecule has 0 unspecified atom stereocenters. The monoisotopic (exact) mass is 346 g/mol. The average molecular weight is 346 g/mol. The number of aryl methyl sites for hydroxylation is 1. The van der Waals surface area contributed by atoms with Gasteiger partial charge in [-0.3, -0.25) is 14.9 Å². The maximum Gasteiger partial charge on any atom is 0.342 e. The van der Waals surface area contributed by atoms with Crippen LogP contribution in [0.3, 0.4) is 0 Å². The number of ether oxygens (including phenoxy) is 2. The molecule has 0 aliphatic carbocycles. The lowest BCUT2D eigenvalue weighted by Gasteiger charge is -2.05. The van der Waals surface area contributed by atoms with Crippen LogP contribution in [0.5, 0.6) is 5.75 Å². The Morgan fingerprint density at radius 3 is 2.32 bits per heavy atom. The van der Waals surface area contributed by atoms with E-state index < -0.39 is 17.8 Å². The van der Waals surface area contributed by atoms with Crippen LogP contribution < -0.4 is 15.8 Å². The number of primary amides is 1. The third-order valence-corrected chi connectivity index (χ3v) is 3.39. The van der Waals surface area contributed by atoms with Gasteiger partial charge in [-0.05, 0) is 38.1 Å². The maximum absolute atomic E-state index is 12.3. The van der Waals surface area contributed by atoms with Gasteiger partial charge in [0.2, 0.25) is 5.88 Å². The lowest BCUT2D eigenvalue weighted by molar-refractivity contribution is 0.0521. The van der Waals surface area contributed by atoms with E-state index in [1.165, 1.54) is 14.0 Å². The van der Waals surface area contributed by atoms with Crippen molar-refractivity contribution in [3.63, 3.8) is 0 Å². The van der Waals surface area contributed by atoms with E-state index in [0.717, 1.165) is 0 Å². The molecule has 132 valence electrons. The Morgan fingerprint density at radius 1 is 1.16 bits per heavy atom. The molecule has 2 aromatic rings. The minimum atomic E-state index is -0.912. The Labute approximate surface area is 143 Å². The number of nitrogens with one attached hydrogen (secondary N) is 1. The molecule has 2 rings (SSSR count). The van der Waals surface area contributed by atoms with Crippen molar-refractivity contribution >= 4 is 23.7 Å². The van der Waals surface area contributed by atoms with Gasteiger partial charge in [0.05, 0.1) is 13.7 Å². The molecule has 1 aromatic heterocycles. The highest BCUT2D eigenvalue weighted by atomic mass is 16.5. The molecule has 0 radical (unpaired) electrons. The minimum Gasteiger partial charge on any atom is -0.497 e. The zero-order valence-electron chi connectivity index (χ0n) is 14.0. The van der Waals surface area contributed by atoms with E-state index in [1.54, 1.807) is 31.2 Å². The van der Waals surface area contributed by atoms with Crippen LogP contribution in [0.4, 0.5) is 5.88 Å². The second kappa shape index (κ2) is 7.52. The lowest BCUT2D eigenvalue weighted by Crippen LogP contribution is -2.20. The number of benzene rings is 1. The molecule has 25 heavy (non-hydrogen) atoms. The van der Waals surface area contributed by atoms with E-state index >= 15 is 0 Å². The third-order valence-electron chi connectivity index (χ3n) is 3.39. The molecule has 1 aromatic carbocycles. The summed E-state index contributed by atoms with van der Waals surface area (Å²) in [6, 6.07) is 6.31. The van der Waals surface area contributed by atoms with Crippen LogP contribution >= 0.6 is 0 Å². The van der Waals surface area contributed by atoms with Crippen LogP contribution in [0.2, 0.25) is 0 Å². The van der Waals surface area contributed by atoms with E-state index in [0.29, 0.717) is 11.3 Å². The zero-order valence-corrected chi connectivity index (χ0v) is 14.0. The van der Waals surface area contributed by atoms with Gasteiger partial charge in [0.1, 0.15) is 22.6 Å². The normalized spacial score (nSPS) is 10.2. The number of furan rings is 1. The number of hydrogen-bond donors (Lipinski definition) is 2. The van der Waals surface area contributed by atoms with Crippen molar-refractivity contribution in [1.29, 1.82) is 0 Å². The van der Waals surface area contributed by atoms with Gasteiger partial charge in [-0.1, -0.05) is 0 Å². The fourth-order valence-corrected chi connectivity index (χ4v) is 2.23. The predicted octanol–water partition coefficient (Wildman–Crippen LogP) is 2.12. The van der Waals surface area contributed by atoms with Crippen molar-refractivity contribution in [2.75, 3.05) is 19.0 Å². The highest BCUT2D eigenvalue weighted by Gasteiger charge is 2.29. The SMILES string of the molecule is CCOC(=O)c1c(C)oc(NC(=O)c2ccc(OC)cc2)c1C(N)=O. The number of anilines is 1. The van der Waals surface area contributed by atoms with Gasteiger partial charge < -0.3 is 19.6 Å². The Kier molecular flexibility index (Phi) is 5.43. The number of esters is 1.